The number of nitrogens with zero attached hydrogens (tertiary/aromatic N) is 2. The van der Waals surface area contributed by atoms with Crippen LogP contribution >= 0.6 is 0 Å². The molecule has 0 aromatic heterocycles. The minimum Gasteiger partial charge on any atom is -0.350 e. The monoisotopic (exact) mass is 487 g/mol. The highest BCUT2D eigenvalue weighted by Gasteiger charge is 2.31. The highest BCUT2D eigenvalue weighted by Crippen LogP contribution is 2.24. The Morgan fingerprint density at radius 3 is 2.18 bits per heavy atom. The zero-order valence-electron chi connectivity index (χ0n) is 21.5. The first kappa shape index (κ1) is 27.4. The average Bonchev–Trinajstić information content (AvgIpc) is 2.69. The summed E-state index contributed by atoms with van der Waals surface area (Å²) in [5.74, 6) is -0.754. The largest absolute Gasteiger partial charge is 0.350 e. The van der Waals surface area contributed by atoms with E-state index in [4.69, 9.17) is 0 Å². The Labute approximate surface area is 204 Å². The van der Waals surface area contributed by atoms with Gasteiger partial charge in [0.05, 0.1) is 11.9 Å². The Hall–Kier alpha value is -2.87. The van der Waals surface area contributed by atoms with Crippen LogP contribution in [0.1, 0.15) is 49.9 Å². The van der Waals surface area contributed by atoms with Crippen molar-refractivity contribution in [2.75, 3.05) is 17.1 Å². The summed E-state index contributed by atoms with van der Waals surface area (Å²) in [6.07, 6.45) is 1.09. The van der Waals surface area contributed by atoms with E-state index in [1.54, 1.807) is 19.9 Å². The number of hydrogen-bond acceptors (Lipinski definition) is 4. The highest BCUT2D eigenvalue weighted by atomic mass is 32.2. The minimum absolute atomic E-state index is 0.184. The van der Waals surface area contributed by atoms with Crippen molar-refractivity contribution in [2.24, 2.45) is 0 Å². The van der Waals surface area contributed by atoms with Crippen molar-refractivity contribution in [3.63, 3.8) is 0 Å². The molecule has 7 nitrogen and oxygen atoms in total. The summed E-state index contributed by atoms with van der Waals surface area (Å²) in [5, 5.41) is 2.92. The van der Waals surface area contributed by atoms with Crippen molar-refractivity contribution in [2.45, 2.75) is 66.6 Å². The first-order chi connectivity index (χ1) is 15.6. The van der Waals surface area contributed by atoms with Crippen LogP contribution < -0.4 is 9.62 Å². The van der Waals surface area contributed by atoms with Gasteiger partial charge in [0, 0.05) is 12.1 Å². The van der Waals surface area contributed by atoms with Crippen molar-refractivity contribution < 1.29 is 18.0 Å². The van der Waals surface area contributed by atoms with Gasteiger partial charge in [-0.05, 0) is 71.2 Å². The maximum absolute atomic E-state index is 13.6. The molecule has 0 saturated heterocycles. The molecule has 34 heavy (non-hydrogen) atoms. The summed E-state index contributed by atoms with van der Waals surface area (Å²) in [6.45, 7) is 12.7. The molecule has 0 radical (unpaired) electrons. The van der Waals surface area contributed by atoms with Gasteiger partial charge in [0.25, 0.3) is 0 Å². The van der Waals surface area contributed by atoms with E-state index >= 15 is 0 Å². The number of aryl methyl sites for hydroxylation is 3. The molecule has 2 aromatic carbocycles. The zero-order chi connectivity index (χ0) is 25.8. The molecule has 1 atom stereocenters. The molecular formula is C26H37N3O4S. The van der Waals surface area contributed by atoms with Crippen molar-refractivity contribution >= 4 is 27.5 Å². The number of carbonyl (C=O) groups excluding carboxylic acids is 2. The van der Waals surface area contributed by atoms with Gasteiger partial charge >= 0.3 is 0 Å². The minimum atomic E-state index is -3.75. The molecule has 0 aliphatic carbocycles. The van der Waals surface area contributed by atoms with Crippen LogP contribution in [0.5, 0.6) is 0 Å². The Balaban J connectivity index is 2.45. The van der Waals surface area contributed by atoms with Gasteiger partial charge < -0.3 is 10.2 Å². The number of hydrogen-bond donors (Lipinski definition) is 1. The normalized spacial score (nSPS) is 12.7. The molecule has 0 heterocycles. The third-order valence-electron chi connectivity index (χ3n) is 5.41. The quantitative estimate of drug-likeness (QED) is 0.615. The second-order valence-corrected chi connectivity index (χ2v) is 11.9. The molecule has 0 aliphatic heterocycles. The van der Waals surface area contributed by atoms with Gasteiger partial charge in [-0.15, -0.1) is 0 Å². The van der Waals surface area contributed by atoms with Crippen molar-refractivity contribution in [3.8, 4) is 0 Å². The van der Waals surface area contributed by atoms with Gasteiger partial charge in [-0.2, -0.15) is 0 Å². The van der Waals surface area contributed by atoms with Gasteiger partial charge in [-0.1, -0.05) is 42.0 Å². The fourth-order valence-corrected chi connectivity index (χ4v) is 4.55. The lowest BCUT2D eigenvalue weighted by Gasteiger charge is -2.33. The van der Waals surface area contributed by atoms with E-state index in [0.717, 1.165) is 32.8 Å². The number of sulfonamides is 1. The summed E-state index contributed by atoms with van der Waals surface area (Å²) < 4.78 is 26.6. The molecule has 0 aliphatic rings. The molecule has 0 bridgehead atoms. The third-order valence-corrected chi connectivity index (χ3v) is 6.54. The van der Waals surface area contributed by atoms with Crippen LogP contribution in [0.15, 0.2) is 42.5 Å². The highest BCUT2D eigenvalue weighted by molar-refractivity contribution is 7.92. The van der Waals surface area contributed by atoms with Gasteiger partial charge in [0.15, 0.2) is 0 Å². The zero-order valence-corrected chi connectivity index (χ0v) is 22.3. The van der Waals surface area contributed by atoms with Gasteiger partial charge in [0.2, 0.25) is 21.8 Å². The molecule has 0 unspecified atom stereocenters. The molecule has 0 saturated carbocycles. The first-order valence-electron chi connectivity index (χ1n) is 11.3. The smallest absolute Gasteiger partial charge is 0.244 e. The molecule has 8 heteroatoms. The van der Waals surface area contributed by atoms with Gasteiger partial charge in [-0.3, -0.25) is 13.9 Å². The number of benzene rings is 2. The molecule has 2 amide bonds. The van der Waals surface area contributed by atoms with Crippen LogP contribution in [0.2, 0.25) is 0 Å². The maximum Gasteiger partial charge on any atom is 0.244 e. The molecule has 186 valence electrons. The predicted octanol–water partition coefficient (Wildman–Crippen LogP) is 3.71. The second-order valence-electron chi connectivity index (χ2n) is 9.99. The number of carbonyl (C=O) groups is 2. The van der Waals surface area contributed by atoms with Crippen molar-refractivity contribution in [1.29, 1.82) is 0 Å². The van der Waals surface area contributed by atoms with Crippen LogP contribution in [0.25, 0.3) is 0 Å². The van der Waals surface area contributed by atoms with Gasteiger partial charge in [0.1, 0.15) is 12.6 Å². The van der Waals surface area contributed by atoms with Gasteiger partial charge in [-0.25, -0.2) is 8.42 Å². The Bertz CT molecular complexity index is 1150. The van der Waals surface area contributed by atoms with Crippen molar-refractivity contribution in [1.82, 2.24) is 10.2 Å². The van der Waals surface area contributed by atoms with Crippen LogP contribution in [0.3, 0.4) is 0 Å². The lowest BCUT2D eigenvalue weighted by Crippen LogP contribution is -2.54. The molecule has 1 N–H and O–H groups in total. The Morgan fingerprint density at radius 1 is 1.00 bits per heavy atom. The SMILES string of the molecule is Cc1cccc(CN(C(=O)CN(c2cc(C)ccc2C)S(C)(=O)=O)[C@@H](C)C(=O)NC(C)(C)C)c1. The van der Waals surface area contributed by atoms with Crippen LogP contribution in [-0.4, -0.2) is 49.5 Å². The van der Waals surface area contributed by atoms with Crippen molar-refractivity contribution in [3.05, 3.63) is 64.7 Å². The molecule has 2 rings (SSSR count). The number of amides is 2. The van der Waals surface area contributed by atoms with E-state index < -0.39 is 34.1 Å². The molecule has 2 aromatic rings. The van der Waals surface area contributed by atoms with Crippen LogP contribution in [0.4, 0.5) is 5.69 Å². The average molecular weight is 488 g/mol. The molecule has 0 fully saturated rings. The molecular weight excluding hydrogens is 450 g/mol. The summed E-state index contributed by atoms with van der Waals surface area (Å²) >= 11 is 0. The lowest BCUT2D eigenvalue weighted by molar-refractivity contribution is -0.140. The standard InChI is InChI=1S/C26H37N3O4S/c1-18-10-9-11-22(14-18)16-28(21(4)25(31)27-26(5,6)7)24(30)17-29(34(8,32)33)23-15-19(2)12-13-20(23)3/h9-15,21H,16-17H2,1-8H3,(H,27,31)/t21-/m0/s1. The summed E-state index contributed by atoms with van der Waals surface area (Å²) in [5.41, 5.74) is 3.51. The van der Waals surface area contributed by atoms with E-state index in [-0.39, 0.29) is 12.5 Å². The molecule has 0 spiro atoms. The van der Waals surface area contributed by atoms with E-state index in [0.29, 0.717) is 5.69 Å². The van der Waals surface area contributed by atoms with E-state index in [2.05, 4.69) is 5.32 Å². The number of nitrogens with one attached hydrogen (secondary N) is 1. The Morgan fingerprint density at radius 2 is 1.62 bits per heavy atom. The fraction of sp³-hybridized carbons (Fsp3) is 0.462. The number of rotatable bonds is 8. The Kier molecular flexibility index (Phi) is 8.53. The summed E-state index contributed by atoms with van der Waals surface area (Å²) in [7, 11) is -3.75. The van der Waals surface area contributed by atoms with E-state index in [9.17, 15) is 18.0 Å². The van der Waals surface area contributed by atoms with E-state index in [1.807, 2.05) is 71.0 Å². The predicted molar refractivity (Wildman–Crippen MR) is 137 cm³/mol. The summed E-state index contributed by atoms with van der Waals surface area (Å²) in [4.78, 5) is 28.0. The first-order valence-corrected chi connectivity index (χ1v) is 13.2. The topological polar surface area (TPSA) is 86.8 Å². The maximum atomic E-state index is 13.6. The fourth-order valence-electron chi connectivity index (χ4n) is 3.65. The summed E-state index contributed by atoms with van der Waals surface area (Å²) in [6, 6.07) is 12.4. The van der Waals surface area contributed by atoms with Crippen LogP contribution in [-0.2, 0) is 26.2 Å². The third kappa shape index (κ3) is 7.58. The number of anilines is 1. The van der Waals surface area contributed by atoms with Crippen LogP contribution in [0, 0.1) is 20.8 Å². The second kappa shape index (κ2) is 10.6. The van der Waals surface area contributed by atoms with E-state index in [1.165, 1.54) is 4.90 Å². The lowest BCUT2D eigenvalue weighted by atomic mass is 10.1.